The number of aliphatic hydroxyl groups is 1. The molecule has 1 aromatic heterocycles. The average molecular weight is 306 g/mol. The number of likely N-dealkylation sites (N-methyl/N-ethyl adjacent to an activating group) is 1. The van der Waals surface area contributed by atoms with Gasteiger partial charge >= 0.3 is 0 Å². The van der Waals surface area contributed by atoms with E-state index >= 15 is 0 Å². The van der Waals surface area contributed by atoms with E-state index in [9.17, 15) is 4.79 Å². The molecule has 122 valence electrons. The first-order valence-corrected chi connectivity index (χ1v) is 7.82. The van der Waals surface area contributed by atoms with Gasteiger partial charge in [0.2, 0.25) is 0 Å². The highest BCUT2D eigenvalue weighted by Crippen LogP contribution is 2.15. The van der Waals surface area contributed by atoms with Gasteiger partial charge in [0.1, 0.15) is 5.82 Å². The molecule has 2 heterocycles. The zero-order chi connectivity index (χ0) is 16.1. The predicted molar refractivity (Wildman–Crippen MR) is 87.1 cm³/mol. The van der Waals surface area contributed by atoms with Gasteiger partial charge in [-0.1, -0.05) is 6.92 Å². The zero-order valence-electron chi connectivity index (χ0n) is 13.6. The van der Waals surface area contributed by atoms with E-state index in [1.807, 2.05) is 19.9 Å². The number of aromatic nitrogens is 1. The van der Waals surface area contributed by atoms with Crippen LogP contribution >= 0.6 is 0 Å². The smallest absolute Gasteiger partial charge is 0.251 e. The highest BCUT2D eigenvalue weighted by molar-refractivity contribution is 5.95. The molecule has 6 heteroatoms. The summed E-state index contributed by atoms with van der Waals surface area (Å²) in [6.45, 7) is 7.73. The van der Waals surface area contributed by atoms with Crippen LogP contribution in [0.5, 0.6) is 0 Å². The fourth-order valence-electron chi connectivity index (χ4n) is 2.36. The van der Waals surface area contributed by atoms with Crippen molar-refractivity contribution in [3.8, 4) is 0 Å². The maximum absolute atomic E-state index is 12.3. The largest absolute Gasteiger partial charge is 0.396 e. The topological polar surface area (TPSA) is 68.7 Å². The second-order valence-corrected chi connectivity index (χ2v) is 6.12. The maximum Gasteiger partial charge on any atom is 0.251 e. The molecule has 1 aliphatic heterocycles. The van der Waals surface area contributed by atoms with Gasteiger partial charge in [-0.3, -0.25) is 4.79 Å². The Labute approximate surface area is 132 Å². The van der Waals surface area contributed by atoms with Gasteiger partial charge in [0.15, 0.2) is 0 Å². The van der Waals surface area contributed by atoms with Gasteiger partial charge in [-0.05, 0) is 32.0 Å². The van der Waals surface area contributed by atoms with E-state index < -0.39 is 0 Å². The van der Waals surface area contributed by atoms with Crippen molar-refractivity contribution in [2.45, 2.75) is 19.9 Å². The lowest BCUT2D eigenvalue weighted by Gasteiger charge is -2.33. The normalized spacial score (nSPS) is 18.8. The molecule has 2 atom stereocenters. The summed E-state index contributed by atoms with van der Waals surface area (Å²) in [6, 6.07) is 3.50. The van der Waals surface area contributed by atoms with Crippen LogP contribution in [0.15, 0.2) is 18.3 Å². The van der Waals surface area contributed by atoms with Gasteiger partial charge < -0.3 is 20.2 Å². The van der Waals surface area contributed by atoms with E-state index in [1.165, 1.54) is 0 Å². The third kappa shape index (κ3) is 4.18. The first-order chi connectivity index (χ1) is 10.5. The second-order valence-electron chi connectivity index (χ2n) is 6.12. The van der Waals surface area contributed by atoms with E-state index in [0.717, 1.165) is 32.0 Å². The highest BCUT2D eigenvalue weighted by Gasteiger charge is 2.18. The first-order valence-electron chi connectivity index (χ1n) is 7.82. The van der Waals surface area contributed by atoms with E-state index in [0.29, 0.717) is 5.56 Å². The Balaban J connectivity index is 2.03. The summed E-state index contributed by atoms with van der Waals surface area (Å²) < 4.78 is 0. The molecule has 6 nitrogen and oxygen atoms in total. The van der Waals surface area contributed by atoms with Crippen molar-refractivity contribution in [3.05, 3.63) is 23.9 Å². The average Bonchev–Trinajstić information content (AvgIpc) is 2.54. The van der Waals surface area contributed by atoms with Crippen LogP contribution in [-0.2, 0) is 0 Å². The molecular formula is C16H26N4O2. The molecule has 1 saturated heterocycles. The van der Waals surface area contributed by atoms with Gasteiger partial charge in [0.25, 0.3) is 5.91 Å². The molecule has 1 fully saturated rings. The zero-order valence-corrected chi connectivity index (χ0v) is 13.6. The number of carbonyl (C=O) groups excluding carboxylic acids is 1. The molecule has 0 radical (unpaired) electrons. The van der Waals surface area contributed by atoms with Crippen molar-refractivity contribution in [2.24, 2.45) is 5.92 Å². The van der Waals surface area contributed by atoms with Gasteiger partial charge in [-0.2, -0.15) is 0 Å². The summed E-state index contributed by atoms with van der Waals surface area (Å²) in [4.78, 5) is 21.2. The third-order valence-electron chi connectivity index (χ3n) is 4.34. The van der Waals surface area contributed by atoms with Crippen LogP contribution in [0.25, 0.3) is 0 Å². The van der Waals surface area contributed by atoms with Crippen LogP contribution in [-0.4, -0.2) is 66.8 Å². The SMILES string of the molecule is CC(CO)C(C)NC(=O)c1ccnc(N2CCN(C)CC2)c1. The number of anilines is 1. The summed E-state index contributed by atoms with van der Waals surface area (Å²) in [7, 11) is 2.11. The minimum atomic E-state index is -0.120. The monoisotopic (exact) mass is 306 g/mol. The van der Waals surface area contributed by atoms with Crippen molar-refractivity contribution >= 4 is 11.7 Å². The standard InChI is InChI=1S/C16H26N4O2/c1-12(11-21)13(2)18-16(22)14-4-5-17-15(10-14)20-8-6-19(3)7-9-20/h4-5,10,12-13,21H,6-9,11H2,1-3H3,(H,18,22). The van der Waals surface area contributed by atoms with Crippen LogP contribution < -0.4 is 10.2 Å². The number of piperazine rings is 1. The molecule has 2 N–H and O–H groups in total. The molecule has 0 bridgehead atoms. The summed E-state index contributed by atoms with van der Waals surface area (Å²) >= 11 is 0. The van der Waals surface area contributed by atoms with E-state index in [2.05, 4.69) is 27.1 Å². The van der Waals surface area contributed by atoms with Gasteiger partial charge in [0.05, 0.1) is 0 Å². The lowest BCUT2D eigenvalue weighted by atomic mass is 10.0. The highest BCUT2D eigenvalue weighted by atomic mass is 16.3. The maximum atomic E-state index is 12.3. The molecule has 1 amide bonds. The van der Waals surface area contributed by atoms with E-state index in [-0.39, 0.29) is 24.5 Å². The fraction of sp³-hybridized carbons (Fsp3) is 0.625. The Morgan fingerprint density at radius 2 is 2.05 bits per heavy atom. The van der Waals surface area contributed by atoms with Gasteiger partial charge in [0, 0.05) is 50.6 Å². The van der Waals surface area contributed by atoms with Crippen molar-refractivity contribution in [2.75, 3.05) is 44.7 Å². The molecular weight excluding hydrogens is 280 g/mol. The summed E-state index contributed by atoms with van der Waals surface area (Å²) in [5.41, 5.74) is 0.612. The van der Waals surface area contributed by atoms with Crippen LogP contribution in [0.4, 0.5) is 5.82 Å². The number of hydrogen-bond donors (Lipinski definition) is 2. The molecule has 0 aliphatic carbocycles. The van der Waals surface area contributed by atoms with Crippen molar-refractivity contribution in [3.63, 3.8) is 0 Å². The Morgan fingerprint density at radius 3 is 2.68 bits per heavy atom. The molecule has 2 unspecified atom stereocenters. The number of carbonyl (C=O) groups is 1. The Hall–Kier alpha value is -1.66. The van der Waals surface area contributed by atoms with Crippen molar-refractivity contribution in [1.82, 2.24) is 15.2 Å². The minimum absolute atomic E-state index is 0.0305. The number of nitrogens with one attached hydrogen (secondary N) is 1. The lowest BCUT2D eigenvalue weighted by molar-refractivity contribution is 0.0916. The van der Waals surface area contributed by atoms with Gasteiger partial charge in [-0.15, -0.1) is 0 Å². The summed E-state index contributed by atoms with van der Waals surface area (Å²) in [5, 5.41) is 12.1. The molecule has 0 saturated carbocycles. The Morgan fingerprint density at radius 1 is 1.36 bits per heavy atom. The molecule has 1 aromatic rings. The fourth-order valence-corrected chi connectivity index (χ4v) is 2.36. The second kappa shape index (κ2) is 7.56. The van der Waals surface area contributed by atoms with E-state index in [4.69, 9.17) is 5.11 Å². The molecule has 2 rings (SSSR count). The summed E-state index contributed by atoms with van der Waals surface area (Å²) in [6.07, 6.45) is 1.68. The van der Waals surface area contributed by atoms with Crippen LogP contribution in [0.3, 0.4) is 0 Å². The number of hydrogen-bond acceptors (Lipinski definition) is 5. The number of aliphatic hydroxyl groups excluding tert-OH is 1. The van der Waals surface area contributed by atoms with E-state index in [1.54, 1.807) is 12.3 Å². The van der Waals surface area contributed by atoms with Crippen LogP contribution in [0, 0.1) is 5.92 Å². The van der Waals surface area contributed by atoms with Crippen molar-refractivity contribution < 1.29 is 9.90 Å². The number of nitrogens with zero attached hydrogens (tertiary/aromatic N) is 3. The van der Waals surface area contributed by atoms with Gasteiger partial charge in [-0.25, -0.2) is 4.98 Å². The quantitative estimate of drug-likeness (QED) is 0.833. The first kappa shape index (κ1) is 16.7. The molecule has 0 aromatic carbocycles. The lowest BCUT2D eigenvalue weighted by Crippen LogP contribution is -2.45. The number of pyridine rings is 1. The predicted octanol–water partition coefficient (Wildman–Crippen LogP) is 0.580. The van der Waals surface area contributed by atoms with Crippen LogP contribution in [0.1, 0.15) is 24.2 Å². The van der Waals surface area contributed by atoms with Crippen molar-refractivity contribution in [1.29, 1.82) is 0 Å². The third-order valence-corrected chi connectivity index (χ3v) is 4.34. The van der Waals surface area contributed by atoms with Crippen LogP contribution in [0.2, 0.25) is 0 Å². The summed E-state index contributed by atoms with van der Waals surface area (Å²) in [5.74, 6) is 0.761. The molecule has 22 heavy (non-hydrogen) atoms. The Kier molecular flexibility index (Phi) is 5.74. The number of amides is 1. The number of rotatable bonds is 5. The molecule has 0 spiro atoms. The Bertz CT molecular complexity index is 501. The molecule has 1 aliphatic rings. The minimum Gasteiger partial charge on any atom is -0.396 e.